The van der Waals surface area contributed by atoms with Crippen molar-refractivity contribution >= 4 is 21.9 Å². The van der Waals surface area contributed by atoms with Gasteiger partial charge in [-0.15, -0.1) is 10.2 Å². The zero-order valence-corrected chi connectivity index (χ0v) is 9.76. The Morgan fingerprint density at radius 2 is 2.25 bits per heavy atom. The molecule has 7 heteroatoms. The number of esters is 1. The molecule has 0 bridgehead atoms. The number of carbonyl (C=O) groups excluding carboxylic acids is 1. The molecule has 0 saturated heterocycles. The molecule has 0 aliphatic heterocycles. The largest absolute Gasteiger partial charge is 0.462 e. The van der Waals surface area contributed by atoms with Gasteiger partial charge >= 0.3 is 11.9 Å². The maximum atomic E-state index is 11.1. The first-order valence-corrected chi connectivity index (χ1v) is 5.04. The van der Waals surface area contributed by atoms with Crippen molar-refractivity contribution in [1.29, 1.82) is 0 Å². The number of hydrogen-bond donors (Lipinski definition) is 0. The Morgan fingerprint density at radius 3 is 2.88 bits per heavy atom. The number of rotatable bonds is 2. The second kappa shape index (κ2) is 4.40. The molecule has 0 aliphatic rings. The lowest BCUT2D eigenvalue weighted by Crippen LogP contribution is -2.00. The summed E-state index contributed by atoms with van der Waals surface area (Å²) in [5, 5.41) is 7.23. The fourth-order valence-electron chi connectivity index (χ4n) is 0.999. The predicted molar refractivity (Wildman–Crippen MR) is 56.6 cm³/mol. The van der Waals surface area contributed by atoms with Crippen LogP contribution in [0.1, 0.15) is 10.7 Å². The highest BCUT2D eigenvalue weighted by atomic mass is 79.9. The Morgan fingerprint density at radius 1 is 1.44 bits per heavy atom. The monoisotopic (exact) mass is 283 g/mol. The summed E-state index contributed by atoms with van der Waals surface area (Å²) >= 11 is 3.25. The molecule has 0 atom stereocenters. The Kier molecular flexibility index (Phi) is 2.95. The molecule has 0 saturated carbocycles. The summed E-state index contributed by atoms with van der Waals surface area (Å²) in [5.74, 6) is -0.689. The van der Waals surface area contributed by atoms with Crippen molar-refractivity contribution < 1.29 is 13.9 Å². The summed E-state index contributed by atoms with van der Waals surface area (Å²) in [4.78, 5) is 15.1. The predicted octanol–water partition coefficient (Wildman–Crippen LogP) is 1.68. The van der Waals surface area contributed by atoms with Crippen LogP contribution in [-0.4, -0.2) is 28.3 Å². The van der Waals surface area contributed by atoms with Gasteiger partial charge in [0.25, 0.3) is 5.89 Å². The van der Waals surface area contributed by atoms with E-state index in [9.17, 15) is 4.79 Å². The van der Waals surface area contributed by atoms with Gasteiger partial charge in [0, 0.05) is 10.7 Å². The molecule has 82 valence electrons. The average Bonchev–Trinajstić information content (AvgIpc) is 2.78. The Hall–Kier alpha value is -1.76. The molecule has 0 fully saturated rings. The van der Waals surface area contributed by atoms with Crippen LogP contribution in [-0.2, 0) is 4.74 Å². The third-order valence-electron chi connectivity index (χ3n) is 1.73. The van der Waals surface area contributed by atoms with Crippen LogP contribution in [0.5, 0.6) is 0 Å². The molecule has 0 amide bonds. The quantitative estimate of drug-likeness (QED) is 0.781. The van der Waals surface area contributed by atoms with Gasteiger partial charge in [0.15, 0.2) is 0 Å². The molecular formula is C9H6BrN3O3. The van der Waals surface area contributed by atoms with Crippen LogP contribution in [0.25, 0.3) is 11.6 Å². The molecule has 0 aliphatic carbocycles. The Balaban J connectivity index is 2.31. The zero-order valence-electron chi connectivity index (χ0n) is 8.18. The van der Waals surface area contributed by atoms with E-state index in [1.54, 1.807) is 18.3 Å². The SMILES string of the molecule is COC(=O)c1nnc(-c2ccc(Br)cn2)o1. The lowest BCUT2D eigenvalue weighted by Gasteiger charge is -1.93. The van der Waals surface area contributed by atoms with Gasteiger partial charge in [0.05, 0.1) is 7.11 Å². The van der Waals surface area contributed by atoms with Crippen LogP contribution >= 0.6 is 15.9 Å². The Labute approximate surface area is 98.8 Å². The van der Waals surface area contributed by atoms with Crippen molar-refractivity contribution in [3.8, 4) is 11.6 Å². The van der Waals surface area contributed by atoms with Crippen LogP contribution in [0.4, 0.5) is 0 Å². The molecule has 2 heterocycles. The first-order chi connectivity index (χ1) is 7.70. The second-order valence-corrected chi connectivity index (χ2v) is 3.68. The first kappa shape index (κ1) is 10.7. The molecule has 2 aromatic heterocycles. The molecule has 2 aromatic rings. The zero-order chi connectivity index (χ0) is 11.5. The third kappa shape index (κ3) is 2.08. The van der Waals surface area contributed by atoms with Crippen molar-refractivity contribution in [3.05, 3.63) is 28.7 Å². The highest BCUT2D eigenvalue weighted by Gasteiger charge is 2.16. The molecule has 0 N–H and O–H groups in total. The number of pyridine rings is 1. The van der Waals surface area contributed by atoms with Crippen molar-refractivity contribution in [2.24, 2.45) is 0 Å². The second-order valence-electron chi connectivity index (χ2n) is 2.77. The number of aromatic nitrogens is 3. The summed E-state index contributed by atoms with van der Waals surface area (Å²) < 4.78 is 10.4. The van der Waals surface area contributed by atoms with E-state index >= 15 is 0 Å². The molecule has 0 unspecified atom stereocenters. The van der Waals surface area contributed by atoms with Gasteiger partial charge in [-0.25, -0.2) is 9.78 Å². The van der Waals surface area contributed by atoms with Crippen LogP contribution in [0.2, 0.25) is 0 Å². The molecule has 0 radical (unpaired) electrons. The summed E-state index contributed by atoms with van der Waals surface area (Å²) in [5.41, 5.74) is 0.492. The molecular weight excluding hydrogens is 278 g/mol. The molecule has 2 rings (SSSR count). The van der Waals surface area contributed by atoms with Gasteiger partial charge < -0.3 is 9.15 Å². The van der Waals surface area contributed by atoms with Crippen molar-refractivity contribution in [3.63, 3.8) is 0 Å². The number of ether oxygens (including phenoxy) is 1. The summed E-state index contributed by atoms with van der Waals surface area (Å²) in [6.07, 6.45) is 1.59. The molecule has 6 nitrogen and oxygen atoms in total. The van der Waals surface area contributed by atoms with Crippen LogP contribution in [0.15, 0.2) is 27.2 Å². The smallest absolute Gasteiger partial charge is 0.396 e. The highest BCUT2D eigenvalue weighted by Crippen LogP contribution is 2.17. The maximum Gasteiger partial charge on any atom is 0.396 e. The first-order valence-electron chi connectivity index (χ1n) is 4.24. The van der Waals surface area contributed by atoms with E-state index in [2.05, 4.69) is 35.8 Å². The number of nitrogens with zero attached hydrogens (tertiary/aromatic N) is 3. The van der Waals surface area contributed by atoms with Crippen molar-refractivity contribution in [1.82, 2.24) is 15.2 Å². The van der Waals surface area contributed by atoms with Crippen molar-refractivity contribution in [2.75, 3.05) is 7.11 Å². The standard InChI is InChI=1S/C9H6BrN3O3/c1-15-9(14)8-13-12-7(16-8)6-3-2-5(10)4-11-6/h2-4H,1H3. The number of carbonyl (C=O) groups is 1. The normalized spacial score (nSPS) is 10.1. The van der Waals surface area contributed by atoms with E-state index in [4.69, 9.17) is 4.42 Å². The lowest BCUT2D eigenvalue weighted by atomic mass is 10.3. The number of methoxy groups -OCH3 is 1. The maximum absolute atomic E-state index is 11.1. The van der Waals surface area contributed by atoms with Gasteiger partial charge in [-0.1, -0.05) is 0 Å². The van der Waals surface area contributed by atoms with E-state index < -0.39 is 5.97 Å². The molecule has 0 spiro atoms. The van der Waals surface area contributed by atoms with Crippen LogP contribution in [0.3, 0.4) is 0 Å². The van der Waals surface area contributed by atoms with Gasteiger partial charge in [-0.2, -0.15) is 0 Å². The minimum absolute atomic E-state index is 0.174. The lowest BCUT2D eigenvalue weighted by molar-refractivity contribution is 0.0556. The average molecular weight is 284 g/mol. The van der Waals surface area contributed by atoms with E-state index in [0.29, 0.717) is 5.69 Å². The van der Waals surface area contributed by atoms with Gasteiger partial charge in [-0.05, 0) is 28.1 Å². The fraction of sp³-hybridized carbons (Fsp3) is 0.111. The summed E-state index contributed by atoms with van der Waals surface area (Å²) in [7, 11) is 1.24. The summed E-state index contributed by atoms with van der Waals surface area (Å²) in [6, 6.07) is 3.48. The van der Waals surface area contributed by atoms with E-state index in [0.717, 1.165) is 4.47 Å². The van der Waals surface area contributed by atoms with E-state index in [-0.39, 0.29) is 11.8 Å². The number of halogens is 1. The van der Waals surface area contributed by atoms with E-state index in [1.807, 2.05) is 0 Å². The van der Waals surface area contributed by atoms with Gasteiger partial charge in [-0.3, -0.25) is 0 Å². The fourth-order valence-corrected chi connectivity index (χ4v) is 1.23. The van der Waals surface area contributed by atoms with E-state index in [1.165, 1.54) is 7.11 Å². The van der Waals surface area contributed by atoms with Gasteiger partial charge in [0.1, 0.15) is 5.69 Å². The summed E-state index contributed by atoms with van der Waals surface area (Å²) in [6.45, 7) is 0. The highest BCUT2D eigenvalue weighted by molar-refractivity contribution is 9.10. The third-order valence-corrected chi connectivity index (χ3v) is 2.20. The Bertz CT molecular complexity index is 509. The van der Waals surface area contributed by atoms with Crippen molar-refractivity contribution in [2.45, 2.75) is 0 Å². The molecule has 16 heavy (non-hydrogen) atoms. The minimum atomic E-state index is -0.670. The van der Waals surface area contributed by atoms with Crippen LogP contribution in [0, 0.1) is 0 Å². The topological polar surface area (TPSA) is 78.1 Å². The van der Waals surface area contributed by atoms with Crippen LogP contribution < -0.4 is 0 Å². The minimum Gasteiger partial charge on any atom is -0.462 e. The number of hydrogen-bond acceptors (Lipinski definition) is 6. The van der Waals surface area contributed by atoms with Gasteiger partial charge in [0.2, 0.25) is 0 Å². The molecule has 0 aromatic carbocycles.